The predicted octanol–water partition coefficient (Wildman–Crippen LogP) is 1.89. The minimum atomic E-state index is -0.0457. The van der Waals surface area contributed by atoms with Gasteiger partial charge in [-0.15, -0.1) is 0 Å². The molecular weight excluding hydrogens is 162 g/mol. The van der Waals surface area contributed by atoms with Crippen molar-refractivity contribution in [3.8, 4) is 0 Å². The number of carbonyl (C=O) groups excluding carboxylic acids is 1. The Bertz CT molecular complexity index is 226. The lowest BCUT2D eigenvalue weighted by molar-refractivity contribution is -0.127. The maximum absolute atomic E-state index is 11.9. The third-order valence-electron chi connectivity index (χ3n) is 3.77. The third kappa shape index (κ3) is 1.41. The van der Waals surface area contributed by atoms with Gasteiger partial charge in [0.1, 0.15) is 5.78 Å². The van der Waals surface area contributed by atoms with Gasteiger partial charge in [-0.05, 0) is 26.2 Å². The number of rotatable bonds is 0. The van der Waals surface area contributed by atoms with E-state index in [2.05, 4.69) is 19.2 Å². The Morgan fingerprint density at radius 3 is 3.00 bits per heavy atom. The predicted molar refractivity (Wildman–Crippen MR) is 52.6 cm³/mol. The van der Waals surface area contributed by atoms with Crippen molar-refractivity contribution < 1.29 is 4.79 Å². The number of carbonyl (C=O) groups is 1. The van der Waals surface area contributed by atoms with E-state index in [0.717, 1.165) is 19.3 Å². The van der Waals surface area contributed by atoms with Crippen LogP contribution in [0.5, 0.6) is 0 Å². The van der Waals surface area contributed by atoms with E-state index in [-0.39, 0.29) is 5.41 Å². The average molecular weight is 181 g/mol. The fraction of sp³-hybridized carbons (Fsp3) is 0.909. The molecule has 2 fully saturated rings. The maximum atomic E-state index is 11.9. The molecule has 1 saturated heterocycles. The van der Waals surface area contributed by atoms with Crippen LogP contribution in [0.15, 0.2) is 0 Å². The summed E-state index contributed by atoms with van der Waals surface area (Å²) in [6.45, 7) is 4.34. The molecule has 74 valence electrons. The molecule has 3 atom stereocenters. The van der Waals surface area contributed by atoms with E-state index < -0.39 is 0 Å². The average Bonchev–Trinajstić information content (AvgIpc) is 2.29. The second kappa shape index (κ2) is 3.09. The molecule has 1 aliphatic heterocycles. The number of ketones is 1. The lowest BCUT2D eigenvalue weighted by Crippen LogP contribution is -2.39. The standard InChI is InChI=1S/C11H19NO/c1-8-7-11(2)9(12-8)5-3-4-6-10(11)13/h8-9,12H,3-7H2,1-2H3/t8-,9+,11+/m1/s1. The van der Waals surface area contributed by atoms with Gasteiger partial charge in [-0.25, -0.2) is 0 Å². The molecule has 1 saturated carbocycles. The first-order valence-electron chi connectivity index (χ1n) is 5.42. The van der Waals surface area contributed by atoms with Crippen LogP contribution < -0.4 is 5.32 Å². The van der Waals surface area contributed by atoms with Crippen molar-refractivity contribution in [2.45, 2.75) is 58.0 Å². The molecule has 2 aliphatic rings. The quantitative estimate of drug-likeness (QED) is 0.618. The highest BCUT2D eigenvalue weighted by molar-refractivity contribution is 5.86. The molecule has 2 rings (SSSR count). The highest BCUT2D eigenvalue weighted by Gasteiger charge is 2.47. The van der Waals surface area contributed by atoms with Gasteiger partial charge in [0.25, 0.3) is 0 Å². The Morgan fingerprint density at radius 2 is 2.23 bits per heavy atom. The summed E-state index contributed by atoms with van der Waals surface area (Å²) in [7, 11) is 0. The summed E-state index contributed by atoms with van der Waals surface area (Å²) in [5.74, 6) is 0.492. The van der Waals surface area contributed by atoms with Gasteiger partial charge < -0.3 is 5.32 Å². The molecule has 2 nitrogen and oxygen atoms in total. The normalized spacial score (nSPS) is 45.8. The molecule has 0 aromatic carbocycles. The third-order valence-corrected chi connectivity index (χ3v) is 3.77. The van der Waals surface area contributed by atoms with Crippen LogP contribution in [-0.4, -0.2) is 17.9 Å². The smallest absolute Gasteiger partial charge is 0.140 e. The van der Waals surface area contributed by atoms with E-state index in [9.17, 15) is 4.79 Å². The molecule has 0 unspecified atom stereocenters. The summed E-state index contributed by atoms with van der Waals surface area (Å²) in [5, 5.41) is 3.55. The summed E-state index contributed by atoms with van der Waals surface area (Å²) in [6, 6.07) is 0.981. The van der Waals surface area contributed by atoms with E-state index in [1.165, 1.54) is 12.8 Å². The van der Waals surface area contributed by atoms with Crippen LogP contribution in [0.4, 0.5) is 0 Å². The van der Waals surface area contributed by atoms with Crippen LogP contribution in [-0.2, 0) is 4.79 Å². The lowest BCUT2D eigenvalue weighted by atomic mass is 9.77. The van der Waals surface area contributed by atoms with E-state index in [0.29, 0.717) is 17.9 Å². The molecule has 1 N–H and O–H groups in total. The fourth-order valence-corrected chi connectivity index (χ4v) is 2.99. The molecule has 0 aromatic rings. The van der Waals surface area contributed by atoms with Crippen molar-refractivity contribution in [3.05, 3.63) is 0 Å². The van der Waals surface area contributed by atoms with Gasteiger partial charge in [0, 0.05) is 23.9 Å². The molecule has 0 spiro atoms. The van der Waals surface area contributed by atoms with Crippen molar-refractivity contribution in [2.24, 2.45) is 5.41 Å². The molecule has 0 radical (unpaired) electrons. The molecule has 0 amide bonds. The number of fused-ring (bicyclic) bond motifs is 1. The Balaban J connectivity index is 2.23. The molecular formula is C11H19NO. The second-order valence-corrected chi connectivity index (χ2v) is 4.91. The van der Waals surface area contributed by atoms with Crippen LogP contribution in [0.3, 0.4) is 0 Å². The fourth-order valence-electron chi connectivity index (χ4n) is 2.99. The summed E-state index contributed by atoms with van der Waals surface area (Å²) in [6.07, 6.45) is 5.34. The van der Waals surface area contributed by atoms with Gasteiger partial charge >= 0.3 is 0 Å². The Kier molecular flexibility index (Phi) is 2.18. The van der Waals surface area contributed by atoms with Gasteiger partial charge in [-0.1, -0.05) is 13.3 Å². The van der Waals surface area contributed by atoms with E-state index in [1.807, 2.05) is 0 Å². The minimum Gasteiger partial charge on any atom is -0.310 e. The Hall–Kier alpha value is -0.370. The molecule has 0 bridgehead atoms. The molecule has 2 heteroatoms. The lowest BCUT2D eigenvalue weighted by Gasteiger charge is -2.27. The van der Waals surface area contributed by atoms with Crippen LogP contribution in [0.1, 0.15) is 46.0 Å². The van der Waals surface area contributed by atoms with E-state index in [1.54, 1.807) is 0 Å². The minimum absolute atomic E-state index is 0.0457. The highest BCUT2D eigenvalue weighted by Crippen LogP contribution is 2.40. The van der Waals surface area contributed by atoms with Crippen LogP contribution in [0.25, 0.3) is 0 Å². The van der Waals surface area contributed by atoms with Crippen molar-refractivity contribution in [1.29, 1.82) is 0 Å². The van der Waals surface area contributed by atoms with E-state index in [4.69, 9.17) is 0 Å². The first kappa shape index (κ1) is 9.20. The zero-order valence-electron chi connectivity index (χ0n) is 8.60. The second-order valence-electron chi connectivity index (χ2n) is 4.91. The van der Waals surface area contributed by atoms with Gasteiger partial charge in [0.05, 0.1) is 0 Å². The first-order chi connectivity index (χ1) is 6.13. The number of Topliss-reactive ketones (excluding diaryl/α,β-unsaturated/α-hetero) is 1. The molecule has 1 heterocycles. The zero-order chi connectivity index (χ0) is 9.47. The maximum Gasteiger partial charge on any atom is 0.140 e. The molecule has 0 aromatic heterocycles. The van der Waals surface area contributed by atoms with Crippen LogP contribution >= 0.6 is 0 Å². The molecule has 13 heavy (non-hydrogen) atoms. The Morgan fingerprint density at radius 1 is 1.46 bits per heavy atom. The first-order valence-corrected chi connectivity index (χ1v) is 5.42. The van der Waals surface area contributed by atoms with Gasteiger partial charge in [0.2, 0.25) is 0 Å². The number of hydrogen-bond acceptors (Lipinski definition) is 2. The van der Waals surface area contributed by atoms with E-state index >= 15 is 0 Å². The van der Waals surface area contributed by atoms with Gasteiger partial charge in [-0.2, -0.15) is 0 Å². The monoisotopic (exact) mass is 181 g/mol. The van der Waals surface area contributed by atoms with Crippen molar-refractivity contribution in [2.75, 3.05) is 0 Å². The van der Waals surface area contributed by atoms with Crippen molar-refractivity contribution in [3.63, 3.8) is 0 Å². The topological polar surface area (TPSA) is 29.1 Å². The summed E-state index contributed by atoms with van der Waals surface area (Å²) >= 11 is 0. The largest absolute Gasteiger partial charge is 0.310 e. The summed E-state index contributed by atoms with van der Waals surface area (Å²) in [4.78, 5) is 11.9. The summed E-state index contributed by atoms with van der Waals surface area (Å²) < 4.78 is 0. The van der Waals surface area contributed by atoms with Gasteiger partial charge in [-0.3, -0.25) is 4.79 Å². The highest BCUT2D eigenvalue weighted by atomic mass is 16.1. The molecule has 1 aliphatic carbocycles. The van der Waals surface area contributed by atoms with Gasteiger partial charge in [0.15, 0.2) is 0 Å². The van der Waals surface area contributed by atoms with Crippen LogP contribution in [0, 0.1) is 5.41 Å². The zero-order valence-corrected chi connectivity index (χ0v) is 8.60. The van der Waals surface area contributed by atoms with Crippen molar-refractivity contribution >= 4 is 5.78 Å². The Labute approximate surface area is 80.1 Å². The van der Waals surface area contributed by atoms with Crippen LogP contribution in [0.2, 0.25) is 0 Å². The van der Waals surface area contributed by atoms with Crippen molar-refractivity contribution in [1.82, 2.24) is 5.32 Å². The summed E-state index contributed by atoms with van der Waals surface area (Å²) in [5.41, 5.74) is -0.0457. The SMILES string of the molecule is C[C@@H]1C[C@]2(C)C(=O)CCCC[C@@H]2N1. The number of nitrogens with one attached hydrogen (secondary N) is 1. The number of hydrogen-bond donors (Lipinski definition) is 1.